The third kappa shape index (κ3) is 5.03. The summed E-state index contributed by atoms with van der Waals surface area (Å²) in [6.07, 6.45) is 3.68. The van der Waals surface area contributed by atoms with Gasteiger partial charge in [0.05, 0.1) is 36.4 Å². The number of hydrogen-bond donors (Lipinski definition) is 1. The molecule has 4 rings (SSSR count). The van der Waals surface area contributed by atoms with E-state index >= 15 is 0 Å². The number of aryl methyl sites for hydroxylation is 1. The quantitative estimate of drug-likeness (QED) is 0.467. The molecule has 0 aliphatic heterocycles. The van der Waals surface area contributed by atoms with Gasteiger partial charge in [-0.3, -0.25) is 4.98 Å². The predicted molar refractivity (Wildman–Crippen MR) is 119 cm³/mol. The summed E-state index contributed by atoms with van der Waals surface area (Å²) in [5.41, 5.74) is 10.8. The fourth-order valence-corrected chi connectivity index (χ4v) is 3.18. The van der Waals surface area contributed by atoms with Crippen molar-refractivity contribution in [1.82, 2.24) is 29.9 Å². The van der Waals surface area contributed by atoms with Gasteiger partial charge in [-0.25, -0.2) is 14.6 Å². The van der Waals surface area contributed by atoms with E-state index in [-0.39, 0.29) is 5.95 Å². The molecule has 0 saturated carbocycles. The van der Waals surface area contributed by atoms with Crippen LogP contribution in [-0.2, 0) is 13.0 Å². The van der Waals surface area contributed by atoms with E-state index in [2.05, 4.69) is 39.1 Å². The Kier molecular flexibility index (Phi) is 6.16. The molecule has 4 aromatic rings. The molecular formula is C23H25N7O. The summed E-state index contributed by atoms with van der Waals surface area (Å²) >= 11 is 0. The van der Waals surface area contributed by atoms with E-state index in [9.17, 15) is 0 Å². The highest BCUT2D eigenvalue weighted by Gasteiger charge is 2.12. The van der Waals surface area contributed by atoms with Crippen LogP contribution in [0.15, 0.2) is 54.7 Å². The second-order valence-electron chi connectivity index (χ2n) is 7.15. The van der Waals surface area contributed by atoms with Crippen LogP contribution in [-0.4, -0.2) is 36.6 Å². The summed E-state index contributed by atoms with van der Waals surface area (Å²) in [6, 6.07) is 15.6. The van der Waals surface area contributed by atoms with Gasteiger partial charge in [0.15, 0.2) is 0 Å². The molecule has 3 aromatic heterocycles. The monoisotopic (exact) mass is 415 g/mol. The van der Waals surface area contributed by atoms with Gasteiger partial charge in [0.1, 0.15) is 11.4 Å². The van der Waals surface area contributed by atoms with Crippen LogP contribution in [0.4, 0.5) is 5.95 Å². The molecule has 31 heavy (non-hydrogen) atoms. The van der Waals surface area contributed by atoms with Gasteiger partial charge >= 0.3 is 0 Å². The van der Waals surface area contributed by atoms with E-state index < -0.39 is 0 Å². The molecule has 3 heterocycles. The van der Waals surface area contributed by atoms with Crippen LogP contribution >= 0.6 is 0 Å². The molecule has 0 bridgehead atoms. The number of rotatable bonds is 8. The van der Waals surface area contributed by atoms with E-state index in [1.165, 1.54) is 0 Å². The van der Waals surface area contributed by atoms with E-state index in [4.69, 9.17) is 10.5 Å². The molecule has 0 unspecified atom stereocenters. The molecule has 0 aliphatic rings. The molecule has 0 radical (unpaired) electrons. The first-order valence-electron chi connectivity index (χ1n) is 10.4. The van der Waals surface area contributed by atoms with Crippen molar-refractivity contribution in [2.75, 3.05) is 12.3 Å². The lowest BCUT2D eigenvalue weighted by atomic mass is 10.1. The molecule has 0 amide bonds. The third-order valence-electron chi connectivity index (χ3n) is 4.70. The molecule has 0 atom stereocenters. The number of pyridine rings is 1. The van der Waals surface area contributed by atoms with Crippen molar-refractivity contribution in [2.45, 2.75) is 33.2 Å². The molecule has 0 fully saturated rings. The zero-order valence-electron chi connectivity index (χ0n) is 17.7. The van der Waals surface area contributed by atoms with E-state index in [0.29, 0.717) is 30.2 Å². The minimum atomic E-state index is 0.180. The molecular weight excluding hydrogens is 390 g/mol. The van der Waals surface area contributed by atoms with Crippen molar-refractivity contribution >= 4 is 5.95 Å². The summed E-state index contributed by atoms with van der Waals surface area (Å²) < 4.78 is 7.48. The van der Waals surface area contributed by atoms with Crippen LogP contribution in [0.25, 0.3) is 22.6 Å². The smallest absolute Gasteiger partial charge is 0.221 e. The Balaban J connectivity index is 1.59. The summed E-state index contributed by atoms with van der Waals surface area (Å²) in [5, 5.41) is 8.50. The molecule has 158 valence electrons. The topological polar surface area (TPSA) is 105 Å². The number of ether oxygens (including phenoxy) is 1. The second-order valence-corrected chi connectivity index (χ2v) is 7.15. The average molecular weight is 416 g/mol. The van der Waals surface area contributed by atoms with Gasteiger partial charge in [-0.05, 0) is 43.2 Å². The number of hydrogen-bond acceptors (Lipinski definition) is 7. The molecule has 0 aliphatic carbocycles. The predicted octanol–water partition coefficient (Wildman–Crippen LogP) is 3.78. The summed E-state index contributed by atoms with van der Waals surface area (Å²) in [7, 11) is 0. The molecule has 0 spiro atoms. The van der Waals surface area contributed by atoms with E-state index in [0.717, 1.165) is 35.5 Å². The molecule has 1 aromatic carbocycles. The van der Waals surface area contributed by atoms with Crippen LogP contribution in [0, 0.1) is 0 Å². The van der Waals surface area contributed by atoms with E-state index in [1.807, 2.05) is 54.7 Å². The maximum atomic E-state index is 6.00. The van der Waals surface area contributed by atoms with Crippen LogP contribution in [0.3, 0.4) is 0 Å². The van der Waals surface area contributed by atoms with Crippen LogP contribution in [0.2, 0.25) is 0 Å². The Morgan fingerprint density at radius 1 is 0.903 bits per heavy atom. The Labute approximate surface area is 181 Å². The van der Waals surface area contributed by atoms with Gasteiger partial charge in [0.25, 0.3) is 0 Å². The van der Waals surface area contributed by atoms with Crippen molar-refractivity contribution in [3.63, 3.8) is 0 Å². The first-order valence-corrected chi connectivity index (χ1v) is 10.4. The van der Waals surface area contributed by atoms with Crippen molar-refractivity contribution in [2.24, 2.45) is 0 Å². The van der Waals surface area contributed by atoms with Crippen molar-refractivity contribution < 1.29 is 4.74 Å². The third-order valence-corrected chi connectivity index (χ3v) is 4.70. The normalized spacial score (nSPS) is 10.9. The largest absolute Gasteiger partial charge is 0.494 e. The van der Waals surface area contributed by atoms with Gasteiger partial charge < -0.3 is 10.5 Å². The Morgan fingerprint density at radius 3 is 2.55 bits per heavy atom. The van der Waals surface area contributed by atoms with Crippen LogP contribution in [0.1, 0.15) is 31.7 Å². The summed E-state index contributed by atoms with van der Waals surface area (Å²) in [5.74, 6) is 0.977. The lowest BCUT2D eigenvalue weighted by Gasteiger charge is -2.08. The number of anilines is 1. The van der Waals surface area contributed by atoms with E-state index in [1.54, 1.807) is 4.68 Å². The Bertz CT molecular complexity index is 1170. The fourth-order valence-electron chi connectivity index (χ4n) is 3.18. The highest BCUT2D eigenvalue weighted by Crippen LogP contribution is 2.26. The van der Waals surface area contributed by atoms with Crippen molar-refractivity contribution in [1.29, 1.82) is 0 Å². The Hall–Kier alpha value is -3.81. The zero-order chi connectivity index (χ0) is 21.6. The SMILES string of the molecule is CCCOc1cccc(-c2cc(-c3cn(Cc4cccc(CC)n4)nn3)nc(N)n2)c1. The van der Waals surface area contributed by atoms with Gasteiger partial charge in [0.2, 0.25) is 5.95 Å². The Morgan fingerprint density at radius 2 is 1.71 bits per heavy atom. The van der Waals surface area contributed by atoms with Gasteiger partial charge in [0, 0.05) is 11.3 Å². The van der Waals surface area contributed by atoms with Crippen molar-refractivity contribution in [3.8, 4) is 28.4 Å². The lowest BCUT2D eigenvalue weighted by Crippen LogP contribution is -2.03. The van der Waals surface area contributed by atoms with Crippen molar-refractivity contribution in [3.05, 3.63) is 66.1 Å². The number of nitrogen functional groups attached to an aromatic ring is 1. The molecule has 8 nitrogen and oxygen atoms in total. The number of aromatic nitrogens is 6. The molecule has 2 N–H and O–H groups in total. The lowest BCUT2D eigenvalue weighted by molar-refractivity contribution is 0.317. The highest BCUT2D eigenvalue weighted by atomic mass is 16.5. The van der Waals surface area contributed by atoms with Crippen LogP contribution < -0.4 is 10.5 Å². The second kappa shape index (κ2) is 9.34. The summed E-state index contributed by atoms with van der Waals surface area (Å²) in [4.78, 5) is 13.4. The number of benzene rings is 1. The molecule has 8 heteroatoms. The number of nitrogens with zero attached hydrogens (tertiary/aromatic N) is 6. The fraction of sp³-hybridized carbons (Fsp3) is 0.261. The van der Waals surface area contributed by atoms with Gasteiger partial charge in [-0.2, -0.15) is 0 Å². The first kappa shape index (κ1) is 20.5. The highest BCUT2D eigenvalue weighted by molar-refractivity contribution is 5.68. The zero-order valence-corrected chi connectivity index (χ0v) is 17.7. The summed E-state index contributed by atoms with van der Waals surface area (Å²) in [6.45, 7) is 5.36. The minimum Gasteiger partial charge on any atom is -0.494 e. The first-order chi connectivity index (χ1) is 15.1. The maximum absolute atomic E-state index is 6.00. The molecule has 0 saturated heterocycles. The standard InChI is InChI=1S/C23H25N7O/c1-3-11-31-19-10-5-7-16(12-19)20-13-21(27-23(24)26-20)22-15-30(29-28-22)14-18-9-6-8-17(4-2)25-18/h5-10,12-13,15H,3-4,11,14H2,1-2H3,(H2,24,26,27). The number of nitrogens with two attached hydrogens (primary N) is 1. The average Bonchev–Trinajstić information content (AvgIpc) is 3.26. The van der Waals surface area contributed by atoms with Gasteiger partial charge in [-0.15, -0.1) is 5.10 Å². The van der Waals surface area contributed by atoms with Crippen LogP contribution in [0.5, 0.6) is 5.75 Å². The van der Waals surface area contributed by atoms with Gasteiger partial charge in [-0.1, -0.05) is 37.3 Å². The minimum absolute atomic E-state index is 0.180. The maximum Gasteiger partial charge on any atom is 0.221 e.